The number of esters is 1. The maximum atomic E-state index is 12.2. The lowest BCUT2D eigenvalue weighted by molar-refractivity contribution is 0.0554. The van der Waals surface area contributed by atoms with E-state index in [-0.39, 0.29) is 11.5 Å². The fourth-order valence-electron chi connectivity index (χ4n) is 2.23. The first-order valence-electron chi connectivity index (χ1n) is 7.77. The molecule has 1 heterocycles. The molecule has 7 heteroatoms. The maximum absolute atomic E-state index is 12.2. The van der Waals surface area contributed by atoms with Crippen LogP contribution in [0.25, 0.3) is 0 Å². The number of nitrogens with one attached hydrogen (secondary N) is 1. The Balaban J connectivity index is 1.70. The number of aryl methyl sites for hydroxylation is 1. The number of hydrogen-bond donors (Lipinski definition) is 1. The smallest absolute Gasteiger partial charge is 0.376 e. The van der Waals surface area contributed by atoms with Gasteiger partial charge in [0, 0.05) is 11.8 Å². The Kier molecular flexibility index (Phi) is 4.98. The molecule has 26 heavy (non-hydrogen) atoms. The molecule has 0 fully saturated rings. The van der Waals surface area contributed by atoms with Gasteiger partial charge >= 0.3 is 5.97 Å². The van der Waals surface area contributed by atoms with Crippen LogP contribution in [-0.4, -0.2) is 24.1 Å². The van der Waals surface area contributed by atoms with Gasteiger partial charge < -0.3 is 19.3 Å². The maximum Gasteiger partial charge on any atom is 0.376 e. The molecule has 0 unspecified atom stereocenters. The van der Waals surface area contributed by atoms with E-state index in [0.717, 1.165) is 11.3 Å². The van der Waals surface area contributed by atoms with Crippen LogP contribution in [0.3, 0.4) is 0 Å². The molecule has 0 bridgehead atoms. The molecule has 1 N–H and O–H groups in total. The van der Waals surface area contributed by atoms with E-state index < -0.39 is 11.9 Å². The number of benzene rings is 2. The zero-order chi connectivity index (χ0) is 18.5. The molecule has 0 aliphatic carbocycles. The van der Waals surface area contributed by atoms with Crippen LogP contribution >= 0.6 is 0 Å². The van der Waals surface area contributed by atoms with Gasteiger partial charge in [-0.25, -0.2) is 4.79 Å². The summed E-state index contributed by atoms with van der Waals surface area (Å²) in [5, 5.41) is 6.29. The van der Waals surface area contributed by atoms with Crippen molar-refractivity contribution in [3.8, 4) is 11.5 Å². The molecule has 0 radical (unpaired) electrons. The predicted octanol–water partition coefficient (Wildman–Crippen LogP) is 3.81. The Morgan fingerprint density at radius 3 is 2.50 bits per heavy atom. The van der Waals surface area contributed by atoms with Crippen LogP contribution in [0.15, 0.2) is 59.1 Å². The Morgan fingerprint density at radius 1 is 1.04 bits per heavy atom. The van der Waals surface area contributed by atoms with Crippen molar-refractivity contribution in [2.24, 2.45) is 0 Å². The summed E-state index contributed by atoms with van der Waals surface area (Å²) in [5.74, 6) is 0.0441. The van der Waals surface area contributed by atoms with Crippen molar-refractivity contribution in [1.29, 1.82) is 0 Å². The molecular weight excluding hydrogens is 336 g/mol. The number of anilines is 1. The fourth-order valence-corrected chi connectivity index (χ4v) is 2.23. The highest BCUT2D eigenvalue weighted by Crippen LogP contribution is 2.26. The Hall–Kier alpha value is -3.61. The van der Waals surface area contributed by atoms with Gasteiger partial charge in [-0.1, -0.05) is 23.4 Å². The van der Waals surface area contributed by atoms with E-state index in [4.69, 9.17) is 9.26 Å². The zero-order valence-corrected chi connectivity index (χ0v) is 14.2. The number of methoxy groups -OCH3 is 1. The average molecular weight is 352 g/mol. The van der Waals surface area contributed by atoms with Crippen LogP contribution in [0.1, 0.15) is 26.6 Å². The minimum Gasteiger partial charge on any atom is -0.463 e. The van der Waals surface area contributed by atoms with Gasteiger partial charge in [-0.3, -0.25) is 4.79 Å². The number of carbonyl (C=O) groups excluding carboxylic acids is 2. The van der Waals surface area contributed by atoms with E-state index in [9.17, 15) is 9.59 Å². The molecule has 1 amide bonds. The molecule has 2 aromatic carbocycles. The topological polar surface area (TPSA) is 90.7 Å². The lowest BCUT2D eigenvalue weighted by atomic mass is 10.2. The third kappa shape index (κ3) is 3.89. The predicted molar refractivity (Wildman–Crippen MR) is 93.5 cm³/mol. The second-order valence-corrected chi connectivity index (χ2v) is 5.41. The van der Waals surface area contributed by atoms with Gasteiger partial charge in [0.2, 0.25) is 5.76 Å². The van der Waals surface area contributed by atoms with Crippen molar-refractivity contribution in [3.05, 3.63) is 71.6 Å². The van der Waals surface area contributed by atoms with Crippen LogP contribution in [0.2, 0.25) is 0 Å². The molecule has 0 spiro atoms. The second kappa shape index (κ2) is 7.52. The van der Waals surface area contributed by atoms with E-state index in [1.807, 2.05) is 43.3 Å². The van der Waals surface area contributed by atoms with E-state index in [1.165, 1.54) is 13.2 Å². The highest BCUT2D eigenvalue weighted by molar-refractivity contribution is 6.04. The second-order valence-electron chi connectivity index (χ2n) is 5.41. The van der Waals surface area contributed by atoms with Crippen LogP contribution < -0.4 is 10.1 Å². The third-order valence-corrected chi connectivity index (χ3v) is 3.55. The number of carbonyl (C=O) groups is 2. The minimum absolute atomic E-state index is 0.0191. The molecular formula is C19H16N2O5. The van der Waals surface area contributed by atoms with E-state index in [2.05, 4.69) is 15.2 Å². The average Bonchev–Trinajstić information content (AvgIpc) is 3.14. The van der Waals surface area contributed by atoms with Crippen molar-refractivity contribution in [2.45, 2.75) is 6.92 Å². The van der Waals surface area contributed by atoms with Crippen LogP contribution in [0.5, 0.6) is 11.5 Å². The van der Waals surface area contributed by atoms with E-state index >= 15 is 0 Å². The van der Waals surface area contributed by atoms with Crippen molar-refractivity contribution < 1.29 is 23.6 Å². The molecule has 0 aliphatic rings. The van der Waals surface area contributed by atoms with Gasteiger partial charge in [-0.05, 0) is 42.8 Å². The molecule has 1 aromatic heterocycles. The van der Waals surface area contributed by atoms with Gasteiger partial charge in [0.1, 0.15) is 11.5 Å². The van der Waals surface area contributed by atoms with Gasteiger partial charge in [0.05, 0.1) is 7.11 Å². The molecule has 132 valence electrons. The first-order valence-corrected chi connectivity index (χ1v) is 7.77. The number of rotatable bonds is 5. The number of aromatic nitrogens is 1. The highest BCUT2D eigenvalue weighted by atomic mass is 16.5. The number of hydrogen-bond acceptors (Lipinski definition) is 6. The molecule has 3 rings (SSSR count). The van der Waals surface area contributed by atoms with E-state index in [0.29, 0.717) is 11.4 Å². The zero-order valence-electron chi connectivity index (χ0n) is 14.2. The Morgan fingerprint density at radius 2 is 1.81 bits per heavy atom. The Bertz CT molecular complexity index is 934. The molecule has 3 aromatic rings. The highest BCUT2D eigenvalue weighted by Gasteiger charge is 2.18. The lowest BCUT2D eigenvalue weighted by Crippen LogP contribution is -2.13. The number of para-hydroxylation sites is 1. The minimum atomic E-state index is -0.699. The molecule has 0 saturated carbocycles. The normalized spacial score (nSPS) is 10.2. The van der Waals surface area contributed by atoms with Crippen LogP contribution in [0, 0.1) is 6.92 Å². The standard InChI is InChI=1S/C19H16N2O5/c1-12-10-14(25-13-6-4-3-5-7-13)8-9-15(12)20-18(22)16-11-17(26-21-16)19(23)24-2/h3-11H,1-2H3,(H,20,22). The Labute approximate surface area is 149 Å². The van der Waals surface area contributed by atoms with Crippen molar-refractivity contribution >= 4 is 17.6 Å². The van der Waals surface area contributed by atoms with E-state index in [1.54, 1.807) is 12.1 Å². The first-order chi connectivity index (χ1) is 12.6. The summed E-state index contributed by atoms with van der Waals surface area (Å²) in [6, 6.07) is 15.9. The summed E-state index contributed by atoms with van der Waals surface area (Å²) in [6.45, 7) is 1.84. The number of nitrogens with zero attached hydrogens (tertiary/aromatic N) is 1. The SMILES string of the molecule is COC(=O)c1cc(C(=O)Nc2ccc(Oc3ccccc3)cc2C)no1. The summed E-state index contributed by atoms with van der Waals surface area (Å²) in [5.41, 5.74) is 1.39. The van der Waals surface area contributed by atoms with Crippen LogP contribution in [0.4, 0.5) is 5.69 Å². The van der Waals surface area contributed by atoms with Crippen molar-refractivity contribution in [1.82, 2.24) is 5.16 Å². The monoisotopic (exact) mass is 352 g/mol. The quantitative estimate of drug-likeness (QED) is 0.702. The summed E-state index contributed by atoms with van der Waals surface area (Å²) in [7, 11) is 1.22. The lowest BCUT2D eigenvalue weighted by Gasteiger charge is -2.10. The number of ether oxygens (including phenoxy) is 2. The van der Waals surface area contributed by atoms with Crippen molar-refractivity contribution in [2.75, 3.05) is 12.4 Å². The molecule has 7 nitrogen and oxygen atoms in total. The molecule has 0 atom stereocenters. The molecule has 0 aliphatic heterocycles. The fraction of sp³-hybridized carbons (Fsp3) is 0.105. The van der Waals surface area contributed by atoms with Crippen LogP contribution in [-0.2, 0) is 4.74 Å². The summed E-state index contributed by atoms with van der Waals surface area (Å²) < 4.78 is 15.1. The molecule has 0 saturated heterocycles. The van der Waals surface area contributed by atoms with Gasteiger partial charge in [0.15, 0.2) is 5.69 Å². The van der Waals surface area contributed by atoms with Gasteiger partial charge in [-0.2, -0.15) is 0 Å². The third-order valence-electron chi connectivity index (χ3n) is 3.55. The van der Waals surface area contributed by atoms with Gasteiger partial charge in [-0.15, -0.1) is 0 Å². The van der Waals surface area contributed by atoms with Crippen molar-refractivity contribution in [3.63, 3.8) is 0 Å². The first kappa shape index (κ1) is 17.2. The largest absolute Gasteiger partial charge is 0.463 e. The number of amides is 1. The van der Waals surface area contributed by atoms with Gasteiger partial charge in [0.25, 0.3) is 5.91 Å². The summed E-state index contributed by atoms with van der Waals surface area (Å²) in [4.78, 5) is 23.6. The summed E-state index contributed by atoms with van der Waals surface area (Å²) in [6.07, 6.45) is 0. The summed E-state index contributed by atoms with van der Waals surface area (Å²) >= 11 is 0.